The molecule has 5 heteroatoms. The van der Waals surface area contributed by atoms with Crippen molar-refractivity contribution in [2.75, 3.05) is 7.11 Å². The van der Waals surface area contributed by atoms with E-state index in [-0.39, 0.29) is 30.4 Å². The molecule has 0 spiro atoms. The second-order valence-corrected chi connectivity index (χ2v) is 5.33. The highest BCUT2D eigenvalue weighted by Gasteiger charge is 2.07. The second kappa shape index (κ2) is 7.72. The Bertz CT molecular complexity index is 701. The van der Waals surface area contributed by atoms with Crippen LogP contribution in [0.5, 0.6) is 5.75 Å². The smallest absolute Gasteiger partial charge is 0.220 e. The molecule has 3 nitrogen and oxygen atoms in total. The van der Waals surface area contributed by atoms with E-state index in [4.69, 9.17) is 4.74 Å². The fraction of sp³-hybridized carbons (Fsp3) is 0.278. The maximum Gasteiger partial charge on any atom is 0.220 e. The van der Waals surface area contributed by atoms with E-state index in [0.717, 1.165) is 5.56 Å². The summed E-state index contributed by atoms with van der Waals surface area (Å²) in [6.45, 7) is 1.96. The predicted molar refractivity (Wildman–Crippen MR) is 84.3 cm³/mol. The fourth-order valence-electron chi connectivity index (χ4n) is 2.16. The average Bonchev–Trinajstić information content (AvgIpc) is 2.54. The molecular weight excluding hydrogens is 300 g/mol. The van der Waals surface area contributed by atoms with Gasteiger partial charge in [0.2, 0.25) is 5.91 Å². The van der Waals surface area contributed by atoms with E-state index in [0.29, 0.717) is 17.5 Å². The molecule has 2 aromatic rings. The average molecular weight is 319 g/mol. The molecule has 0 aliphatic heterocycles. The third-order valence-electron chi connectivity index (χ3n) is 3.58. The SMILES string of the molecule is COc1ccc(CCC(=O)NCc2ccc(C)c(F)c2)cc1F. The highest BCUT2D eigenvalue weighted by atomic mass is 19.1. The molecule has 0 radical (unpaired) electrons. The number of carbonyl (C=O) groups is 1. The summed E-state index contributed by atoms with van der Waals surface area (Å²) in [6.07, 6.45) is 0.662. The Hall–Kier alpha value is -2.43. The third kappa shape index (κ3) is 4.77. The van der Waals surface area contributed by atoms with Gasteiger partial charge in [0, 0.05) is 13.0 Å². The minimum Gasteiger partial charge on any atom is -0.494 e. The van der Waals surface area contributed by atoms with Gasteiger partial charge in [0.1, 0.15) is 5.82 Å². The molecule has 0 saturated carbocycles. The summed E-state index contributed by atoms with van der Waals surface area (Å²) in [4.78, 5) is 11.8. The molecule has 122 valence electrons. The van der Waals surface area contributed by atoms with Gasteiger partial charge in [-0.1, -0.05) is 18.2 Å². The molecule has 0 aromatic heterocycles. The number of hydrogen-bond acceptors (Lipinski definition) is 2. The maximum absolute atomic E-state index is 13.6. The zero-order valence-corrected chi connectivity index (χ0v) is 13.2. The molecule has 2 aromatic carbocycles. The number of nitrogens with one attached hydrogen (secondary N) is 1. The summed E-state index contributed by atoms with van der Waals surface area (Å²) in [5, 5.41) is 2.73. The molecule has 0 heterocycles. The zero-order valence-electron chi connectivity index (χ0n) is 13.2. The Labute approximate surface area is 134 Å². The van der Waals surface area contributed by atoms with Crippen LogP contribution in [0.3, 0.4) is 0 Å². The second-order valence-electron chi connectivity index (χ2n) is 5.33. The first kappa shape index (κ1) is 16.9. The van der Waals surface area contributed by atoms with Crippen LogP contribution in [0.1, 0.15) is 23.1 Å². The minimum absolute atomic E-state index is 0.165. The van der Waals surface area contributed by atoms with Crippen LogP contribution in [0.25, 0.3) is 0 Å². The number of ether oxygens (including phenoxy) is 1. The Kier molecular flexibility index (Phi) is 5.68. The van der Waals surface area contributed by atoms with Crippen LogP contribution in [-0.2, 0) is 17.8 Å². The quantitative estimate of drug-likeness (QED) is 0.884. The Balaban J connectivity index is 1.83. The van der Waals surface area contributed by atoms with E-state index < -0.39 is 5.82 Å². The van der Waals surface area contributed by atoms with Crippen molar-refractivity contribution >= 4 is 5.91 Å². The van der Waals surface area contributed by atoms with Gasteiger partial charge in [0.15, 0.2) is 11.6 Å². The van der Waals surface area contributed by atoms with Gasteiger partial charge in [-0.05, 0) is 48.2 Å². The standard InChI is InChI=1S/C18H19F2NO2/c1-12-3-4-14(10-15(12)19)11-21-18(22)8-6-13-5-7-17(23-2)16(20)9-13/h3-5,7,9-10H,6,8,11H2,1-2H3,(H,21,22). The third-order valence-corrected chi connectivity index (χ3v) is 3.58. The molecule has 2 rings (SSSR count). The van der Waals surface area contributed by atoms with Crippen LogP contribution < -0.4 is 10.1 Å². The first-order valence-corrected chi connectivity index (χ1v) is 7.33. The number of hydrogen-bond donors (Lipinski definition) is 1. The lowest BCUT2D eigenvalue weighted by molar-refractivity contribution is -0.121. The number of aryl methyl sites for hydroxylation is 2. The van der Waals surface area contributed by atoms with Gasteiger partial charge in [0.25, 0.3) is 0 Å². The van der Waals surface area contributed by atoms with Gasteiger partial charge >= 0.3 is 0 Å². The normalized spacial score (nSPS) is 10.4. The first-order chi connectivity index (χ1) is 11.0. The number of halogens is 2. The molecule has 1 N–H and O–H groups in total. The molecule has 0 bridgehead atoms. The number of carbonyl (C=O) groups excluding carboxylic acids is 1. The van der Waals surface area contributed by atoms with E-state index in [1.165, 1.54) is 25.3 Å². The first-order valence-electron chi connectivity index (χ1n) is 7.33. The topological polar surface area (TPSA) is 38.3 Å². The van der Waals surface area contributed by atoms with Gasteiger partial charge in [-0.2, -0.15) is 0 Å². The molecule has 0 saturated heterocycles. The van der Waals surface area contributed by atoms with E-state index in [1.807, 2.05) is 0 Å². The largest absolute Gasteiger partial charge is 0.494 e. The molecule has 1 amide bonds. The summed E-state index contributed by atoms with van der Waals surface area (Å²) in [7, 11) is 1.40. The van der Waals surface area contributed by atoms with Gasteiger partial charge in [-0.15, -0.1) is 0 Å². The van der Waals surface area contributed by atoms with Crippen LogP contribution in [-0.4, -0.2) is 13.0 Å². The summed E-state index contributed by atoms with van der Waals surface area (Å²) < 4.78 is 31.8. The number of amides is 1. The van der Waals surface area contributed by atoms with E-state index in [1.54, 1.807) is 25.1 Å². The Morgan fingerprint density at radius 1 is 1.09 bits per heavy atom. The molecule has 0 aliphatic rings. The Morgan fingerprint density at radius 2 is 1.78 bits per heavy atom. The lowest BCUT2D eigenvalue weighted by Crippen LogP contribution is -2.23. The van der Waals surface area contributed by atoms with Crippen molar-refractivity contribution in [2.24, 2.45) is 0 Å². The summed E-state index contributed by atoms with van der Waals surface area (Å²) in [6, 6.07) is 9.49. The minimum atomic E-state index is -0.444. The van der Waals surface area contributed by atoms with Gasteiger partial charge in [-0.25, -0.2) is 8.78 Å². The van der Waals surface area contributed by atoms with Crippen LogP contribution in [0.15, 0.2) is 36.4 Å². The van der Waals surface area contributed by atoms with Crippen LogP contribution in [0, 0.1) is 18.6 Å². The highest BCUT2D eigenvalue weighted by Crippen LogP contribution is 2.18. The van der Waals surface area contributed by atoms with Crippen molar-refractivity contribution < 1.29 is 18.3 Å². The lowest BCUT2D eigenvalue weighted by atomic mass is 10.1. The van der Waals surface area contributed by atoms with Gasteiger partial charge in [0.05, 0.1) is 7.11 Å². The Morgan fingerprint density at radius 3 is 2.43 bits per heavy atom. The fourth-order valence-corrected chi connectivity index (χ4v) is 2.16. The van der Waals surface area contributed by atoms with Crippen molar-refractivity contribution in [1.82, 2.24) is 5.32 Å². The monoisotopic (exact) mass is 319 g/mol. The molecule has 23 heavy (non-hydrogen) atoms. The van der Waals surface area contributed by atoms with Crippen molar-refractivity contribution in [3.05, 3.63) is 64.7 Å². The highest BCUT2D eigenvalue weighted by molar-refractivity contribution is 5.76. The number of benzene rings is 2. The molecular formula is C18H19F2NO2. The number of methoxy groups -OCH3 is 1. The molecule has 0 atom stereocenters. The predicted octanol–water partition coefficient (Wildman–Crippen LogP) is 3.53. The van der Waals surface area contributed by atoms with Gasteiger partial charge < -0.3 is 10.1 Å². The van der Waals surface area contributed by atoms with Crippen molar-refractivity contribution in [2.45, 2.75) is 26.3 Å². The van der Waals surface area contributed by atoms with Crippen molar-refractivity contribution in [3.63, 3.8) is 0 Å². The van der Waals surface area contributed by atoms with Gasteiger partial charge in [-0.3, -0.25) is 4.79 Å². The number of rotatable bonds is 6. The van der Waals surface area contributed by atoms with Crippen LogP contribution in [0.4, 0.5) is 8.78 Å². The molecule has 0 aliphatic carbocycles. The van der Waals surface area contributed by atoms with Crippen molar-refractivity contribution in [3.8, 4) is 5.75 Å². The zero-order chi connectivity index (χ0) is 16.8. The van der Waals surface area contributed by atoms with Crippen molar-refractivity contribution in [1.29, 1.82) is 0 Å². The summed E-state index contributed by atoms with van der Waals surface area (Å²) >= 11 is 0. The lowest BCUT2D eigenvalue weighted by Gasteiger charge is -2.07. The van der Waals surface area contributed by atoms with Crippen LogP contribution in [0.2, 0.25) is 0 Å². The summed E-state index contributed by atoms with van der Waals surface area (Å²) in [5.41, 5.74) is 2.00. The molecule has 0 fully saturated rings. The van der Waals surface area contributed by atoms with E-state index in [9.17, 15) is 13.6 Å². The van der Waals surface area contributed by atoms with E-state index >= 15 is 0 Å². The van der Waals surface area contributed by atoms with Crippen LogP contribution >= 0.6 is 0 Å². The maximum atomic E-state index is 13.6. The molecule has 0 unspecified atom stereocenters. The summed E-state index contributed by atoms with van der Waals surface area (Å²) in [5.74, 6) is -0.715. The van der Waals surface area contributed by atoms with E-state index in [2.05, 4.69) is 5.32 Å².